The Morgan fingerprint density at radius 3 is 3.15 bits per heavy atom. The second-order valence-electron chi connectivity index (χ2n) is 4.91. The number of fused-ring (bicyclic) bond motifs is 1. The van der Waals surface area contributed by atoms with Gasteiger partial charge < -0.3 is 10.1 Å². The van der Waals surface area contributed by atoms with E-state index < -0.39 is 0 Å². The van der Waals surface area contributed by atoms with E-state index in [0.29, 0.717) is 17.6 Å². The maximum absolute atomic E-state index is 13.1. The topological polar surface area (TPSA) is 51.2 Å². The van der Waals surface area contributed by atoms with Crippen LogP contribution in [0.1, 0.15) is 23.2 Å². The Labute approximate surface area is 116 Å². The van der Waals surface area contributed by atoms with Crippen molar-refractivity contribution in [3.63, 3.8) is 0 Å². The molecule has 2 heterocycles. The molecule has 1 N–H and O–H groups in total. The highest BCUT2D eigenvalue weighted by molar-refractivity contribution is 5.97. The maximum Gasteiger partial charge on any atom is 0.252 e. The number of hydrogen-bond donors (Lipinski definition) is 1. The number of rotatable bonds is 3. The fraction of sp³-hybridized carbons (Fsp3) is 0.333. The van der Waals surface area contributed by atoms with Crippen molar-refractivity contribution < 1.29 is 13.9 Å². The lowest BCUT2D eigenvalue weighted by atomic mass is 10.1. The monoisotopic (exact) mass is 274 g/mol. The van der Waals surface area contributed by atoms with Gasteiger partial charge in [-0.3, -0.25) is 9.78 Å². The van der Waals surface area contributed by atoms with Gasteiger partial charge in [0.15, 0.2) is 0 Å². The Hall–Kier alpha value is -2.01. The summed E-state index contributed by atoms with van der Waals surface area (Å²) in [6, 6.07) is 6.04. The van der Waals surface area contributed by atoms with Crippen LogP contribution in [0.5, 0.6) is 0 Å². The predicted molar refractivity (Wildman–Crippen MR) is 73.0 cm³/mol. The van der Waals surface area contributed by atoms with Gasteiger partial charge in [0.25, 0.3) is 5.91 Å². The fourth-order valence-electron chi connectivity index (χ4n) is 2.33. The Kier molecular flexibility index (Phi) is 3.60. The Bertz CT molecular complexity index is 639. The minimum atomic E-state index is -0.333. The molecule has 20 heavy (non-hydrogen) atoms. The zero-order valence-corrected chi connectivity index (χ0v) is 10.9. The second-order valence-corrected chi connectivity index (χ2v) is 4.91. The van der Waals surface area contributed by atoms with E-state index in [2.05, 4.69) is 10.3 Å². The van der Waals surface area contributed by atoms with Crippen molar-refractivity contribution in [1.82, 2.24) is 10.3 Å². The summed E-state index contributed by atoms with van der Waals surface area (Å²) >= 11 is 0. The summed E-state index contributed by atoms with van der Waals surface area (Å²) in [6.45, 7) is 1.28. The molecule has 0 aliphatic carbocycles. The van der Waals surface area contributed by atoms with E-state index in [1.54, 1.807) is 12.1 Å². The Balaban J connectivity index is 1.72. The number of aromatic nitrogens is 1. The zero-order valence-electron chi connectivity index (χ0n) is 10.9. The number of pyridine rings is 1. The number of nitrogens with zero attached hydrogens (tertiary/aromatic N) is 1. The molecule has 1 aromatic heterocycles. The van der Waals surface area contributed by atoms with Gasteiger partial charge in [-0.2, -0.15) is 0 Å². The number of hydrogen-bond acceptors (Lipinski definition) is 3. The number of benzene rings is 1. The molecule has 1 aliphatic rings. The first kappa shape index (κ1) is 13.0. The summed E-state index contributed by atoms with van der Waals surface area (Å²) in [5, 5.41) is 3.59. The van der Waals surface area contributed by atoms with Crippen molar-refractivity contribution in [1.29, 1.82) is 0 Å². The van der Waals surface area contributed by atoms with Gasteiger partial charge in [-0.15, -0.1) is 0 Å². The summed E-state index contributed by atoms with van der Waals surface area (Å²) in [7, 11) is 0. The molecule has 0 bridgehead atoms. The molecule has 0 saturated carbocycles. The van der Waals surface area contributed by atoms with E-state index in [4.69, 9.17) is 4.74 Å². The highest BCUT2D eigenvalue weighted by Crippen LogP contribution is 2.15. The maximum atomic E-state index is 13.1. The molecule has 1 atom stereocenters. The average molecular weight is 274 g/mol. The Morgan fingerprint density at radius 1 is 1.45 bits per heavy atom. The first-order valence-corrected chi connectivity index (χ1v) is 6.67. The van der Waals surface area contributed by atoms with E-state index in [9.17, 15) is 9.18 Å². The molecule has 0 spiro atoms. The van der Waals surface area contributed by atoms with Gasteiger partial charge >= 0.3 is 0 Å². The van der Waals surface area contributed by atoms with Crippen molar-refractivity contribution in [2.45, 2.75) is 18.9 Å². The summed E-state index contributed by atoms with van der Waals surface area (Å²) in [4.78, 5) is 16.1. The number of carbonyl (C=O) groups excluding carboxylic acids is 1. The highest BCUT2D eigenvalue weighted by atomic mass is 19.1. The van der Waals surface area contributed by atoms with Gasteiger partial charge in [0.1, 0.15) is 5.82 Å². The van der Waals surface area contributed by atoms with Crippen LogP contribution in [0.25, 0.3) is 10.9 Å². The molecule has 1 aromatic carbocycles. The fourth-order valence-corrected chi connectivity index (χ4v) is 2.33. The lowest BCUT2D eigenvalue weighted by Crippen LogP contribution is -2.31. The number of ether oxygens (including phenoxy) is 1. The van der Waals surface area contributed by atoms with Crippen molar-refractivity contribution in [3.05, 3.63) is 41.8 Å². The molecule has 1 fully saturated rings. The van der Waals surface area contributed by atoms with Crippen LogP contribution in [-0.2, 0) is 4.74 Å². The van der Waals surface area contributed by atoms with Crippen molar-refractivity contribution >= 4 is 16.8 Å². The molecule has 0 radical (unpaired) electrons. The quantitative estimate of drug-likeness (QED) is 0.934. The summed E-state index contributed by atoms with van der Waals surface area (Å²) in [5.41, 5.74) is 1.02. The van der Waals surface area contributed by atoms with Crippen LogP contribution in [0, 0.1) is 5.82 Å². The molecule has 1 amide bonds. The smallest absolute Gasteiger partial charge is 0.252 e. The van der Waals surface area contributed by atoms with Crippen molar-refractivity contribution in [2.24, 2.45) is 0 Å². The van der Waals surface area contributed by atoms with E-state index >= 15 is 0 Å². The van der Waals surface area contributed by atoms with Gasteiger partial charge in [0.2, 0.25) is 0 Å². The largest absolute Gasteiger partial charge is 0.376 e. The third kappa shape index (κ3) is 2.77. The molecular weight excluding hydrogens is 259 g/mol. The van der Waals surface area contributed by atoms with E-state index in [0.717, 1.165) is 24.8 Å². The van der Waals surface area contributed by atoms with Crippen LogP contribution in [0.3, 0.4) is 0 Å². The number of carbonyl (C=O) groups is 1. The molecular formula is C15H15FN2O2. The van der Waals surface area contributed by atoms with Crippen LogP contribution >= 0.6 is 0 Å². The summed E-state index contributed by atoms with van der Waals surface area (Å²) in [5.74, 6) is -0.514. The lowest BCUT2D eigenvalue weighted by Gasteiger charge is -2.10. The SMILES string of the molecule is O=C(NCC1CCCO1)c1cnc2cc(F)ccc2c1. The van der Waals surface area contributed by atoms with E-state index in [-0.39, 0.29) is 17.8 Å². The minimum absolute atomic E-state index is 0.112. The van der Waals surface area contributed by atoms with Crippen LogP contribution in [0.4, 0.5) is 4.39 Å². The van der Waals surface area contributed by atoms with Gasteiger partial charge in [0.05, 0.1) is 17.2 Å². The molecule has 1 unspecified atom stereocenters. The molecule has 1 saturated heterocycles. The molecule has 1 aliphatic heterocycles. The van der Waals surface area contributed by atoms with E-state index in [1.807, 2.05) is 0 Å². The summed E-state index contributed by atoms with van der Waals surface area (Å²) in [6.07, 6.45) is 3.60. The first-order chi connectivity index (χ1) is 9.72. The zero-order chi connectivity index (χ0) is 13.9. The normalized spacial score (nSPS) is 18.4. The summed E-state index contributed by atoms with van der Waals surface area (Å²) < 4.78 is 18.5. The van der Waals surface area contributed by atoms with Gasteiger partial charge in [0, 0.05) is 30.8 Å². The van der Waals surface area contributed by atoms with E-state index in [1.165, 1.54) is 18.3 Å². The van der Waals surface area contributed by atoms with Gasteiger partial charge in [-0.05, 0) is 31.0 Å². The molecule has 2 aromatic rings. The van der Waals surface area contributed by atoms with Crippen molar-refractivity contribution in [2.75, 3.05) is 13.2 Å². The predicted octanol–water partition coefficient (Wildman–Crippen LogP) is 2.28. The van der Waals surface area contributed by atoms with Gasteiger partial charge in [-0.1, -0.05) is 0 Å². The molecule has 3 rings (SSSR count). The van der Waals surface area contributed by atoms with Crippen LogP contribution in [-0.4, -0.2) is 30.1 Å². The Morgan fingerprint density at radius 2 is 2.35 bits per heavy atom. The first-order valence-electron chi connectivity index (χ1n) is 6.67. The number of halogens is 1. The van der Waals surface area contributed by atoms with Gasteiger partial charge in [-0.25, -0.2) is 4.39 Å². The van der Waals surface area contributed by atoms with Crippen LogP contribution in [0.15, 0.2) is 30.5 Å². The second kappa shape index (κ2) is 5.54. The van der Waals surface area contributed by atoms with Crippen LogP contribution < -0.4 is 5.32 Å². The number of amides is 1. The van der Waals surface area contributed by atoms with Crippen LogP contribution in [0.2, 0.25) is 0 Å². The van der Waals surface area contributed by atoms with Crippen molar-refractivity contribution in [3.8, 4) is 0 Å². The molecule has 104 valence electrons. The highest BCUT2D eigenvalue weighted by Gasteiger charge is 2.16. The lowest BCUT2D eigenvalue weighted by molar-refractivity contribution is 0.0857. The third-order valence-corrected chi connectivity index (χ3v) is 3.42. The number of nitrogens with one attached hydrogen (secondary N) is 1. The molecule has 4 nitrogen and oxygen atoms in total. The average Bonchev–Trinajstić information content (AvgIpc) is 2.97. The third-order valence-electron chi connectivity index (χ3n) is 3.42. The minimum Gasteiger partial charge on any atom is -0.376 e. The standard InChI is InChI=1S/C15H15FN2O2/c16-12-4-3-10-6-11(8-17-14(10)7-12)15(19)18-9-13-2-1-5-20-13/h3-4,6-8,13H,1-2,5,9H2,(H,18,19). The molecule has 5 heteroatoms.